The van der Waals surface area contributed by atoms with Crippen molar-refractivity contribution >= 4 is 5.97 Å². The molecule has 3 aliphatic heterocycles. The van der Waals surface area contributed by atoms with Crippen molar-refractivity contribution in [2.45, 2.75) is 108 Å². The van der Waals surface area contributed by atoms with Crippen molar-refractivity contribution in [1.82, 2.24) is 0 Å². The number of hydrogen-bond acceptors (Lipinski definition) is 8. The number of aliphatic hydroxyl groups is 4. The van der Waals surface area contributed by atoms with Gasteiger partial charge in [0.05, 0.1) is 37.1 Å². The van der Waals surface area contributed by atoms with E-state index in [9.17, 15) is 25.2 Å². The van der Waals surface area contributed by atoms with E-state index < -0.39 is 36.5 Å². The summed E-state index contributed by atoms with van der Waals surface area (Å²) in [6.45, 7) is 8.65. The van der Waals surface area contributed by atoms with Crippen LogP contribution in [0, 0.1) is 5.92 Å². The summed E-state index contributed by atoms with van der Waals surface area (Å²) in [6.07, 6.45) is 8.63. The van der Waals surface area contributed by atoms with E-state index in [2.05, 4.69) is 19.6 Å². The Morgan fingerprint density at radius 3 is 2.63 bits per heavy atom. The highest BCUT2D eigenvalue weighted by Crippen LogP contribution is 2.27. The number of aliphatic hydroxyl groups excluding tert-OH is 4. The molecule has 0 aromatic heterocycles. The maximum absolute atomic E-state index is 12.6. The third-order valence-electron chi connectivity index (χ3n) is 7.24. The number of carbonyl (C=O) groups is 1. The van der Waals surface area contributed by atoms with Crippen molar-refractivity contribution in [2.24, 2.45) is 5.92 Å². The Balaban J connectivity index is 1.75. The molecule has 3 aliphatic rings. The lowest BCUT2D eigenvalue weighted by Gasteiger charge is -2.30. The van der Waals surface area contributed by atoms with Gasteiger partial charge in [0.1, 0.15) is 18.3 Å². The van der Waals surface area contributed by atoms with E-state index in [0.717, 1.165) is 18.4 Å². The van der Waals surface area contributed by atoms with Crippen molar-refractivity contribution in [3.05, 3.63) is 60.3 Å². The number of carbonyl (C=O) groups excluding carboxylic acids is 1. The van der Waals surface area contributed by atoms with Gasteiger partial charge in [0.25, 0.3) is 0 Å². The third-order valence-corrected chi connectivity index (χ3v) is 7.24. The molecule has 0 amide bonds. The summed E-state index contributed by atoms with van der Waals surface area (Å²) in [6, 6.07) is 0. The highest BCUT2D eigenvalue weighted by Gasteiger charge is 2.32. The van der Waals surface area contributed by atoms with E-state index in [-0.39, 0.29) is 37.1 Å². The Morgan fingerprint density at radius 1 is 1.08 bits per heavy atom. The topological polar surface area (TPSA) is 126 Å². The van der Waals surface area contributed by atoms with E-state index in [1.165, 1.54) is 17.7 Å². The van der Waals surface area contributed by atoms with Crippen molar-refractivity contribution in [3.63, 3.8) is 0 Å². The second-order valence-electron chi connectivity index (χ2n) is 10.9. The van der Waals surface area contributed by atoms with E-state index in [4.69, 9.17) is 14.2 Å². The Morgan fingerprint density at radius 2 is 1.87 bits per heavy atom. The van der Waals surface area contributed by atoms with Gasteiger partial charge in [0.2, 0.25) is 0 Å². The summed E-state index contributed by atoms with van der Waals surface area (Å²) in [7, 11) is 0. The lowest BCUT2D eigenvalue weighted by atomic mass is 9.89. The third kappa shape index (κ3) is 9.91. The molecule has 38 heavy (non-hydrogen) atoms. The van der Waals surface area contributed by atoms with Crippen LogP contribution in [-0.2, 0) is 19.0 Å². The first kappa shape index (κ1) is 30.5. The number of fused-ring (bicyclic) bond motifs is 2. The number of ether oxygens (including phenoxy) is 3. The Hall–Kier alpha value is -2.07. The summed E-state index contributed by atoms with van der Waals surface area (Å²) in [5.41, 5.74) is 1.95. The van der Waals surface area contributed by atoms with Crippen LogP contribution < -0.4 is 0 Å². The fourth-order valence-electron chi connectivity index (χ4n) is 5.18. The zero-order chi connectivity index (χ0) is 27.7. The van der Waals surface area contributed by atoms with Crippen LogP contribution in [0.15, 0.2) is 60.3 Å². The van der Waals surface area contributed by atoms with Crippen LogP contribution >= 0.6 is 0 Å². The maximum Gasteiger partial charge on any atom is 0.330 e. The highest BCUT2D eigenvalue weighted by atomic mass is 16.6. The summed E-state index contributed by atoms with van der Waals surface area (Å²) < 4.78 is 17.3. The zero-order valence-corrected chi connectivity index (χ0v) is 22.5. The van der Waals surface area contributed by atoms with Crippen LogP contribution in [0.1, 0.15) is 58.8 Å². The Kier molecular flexibility index (Phi) is 12.0. The summed E-state index contributed by atoms with van der Waals surface area (Å²) in [5, 5.41) is 42.8. The fourth-order valence-corrected chi connectivity index (χ4v) is 5.18. The fraction of sp³-hybridized carbons (Fsp3) is 0.633. The lowest BCUT2D eigenvalue weighted by Crippen LogP contribution is -2.42. The minimum absolute atomic E-state index is 0.0445. The van der Waals surface area contributed by atoms with Gasteiger partial charge in [-0.15, -0.1) is 0 Å². The first-order valence-electron chi connectivity index (χ1n) is 13.6. The largest absolute Gasteiger partial charge is 0.456 e. The number of esters is 1. The molecule has 0 fully saturated rings. The predicted molar refractivity (Wildman–Crippen MR) is 144 cm³/mol. The molecule has 8 nitrogen and oxygen atoms in total. The van der Waals surface area contributed by atoms with Crippen molar-refractivity contribution in [1.29, 1.82) is 0 Å². The van der Waals surface area contributed by atoms with Crippen molar-refractivity contribution in [3.8, 4) is 0 Å². The molecule has 212 valence electrons. The molecule has 9 atom stereocenters. The van der Waals surface area contributed by atoms with Gasteiger partial charge in [-0.2, -0.15) is 0 Å². The van der Waals surface area contributed by atoms with Crippen LogP contribution in [0.4, 0.5) is 0 Å². The quantitative estimate of drug-likeness (QED) is 0.323. The normalized spacial score (nSPS) is 37.3. The Bertz CT molecular complexity index is 906. The van der Waals surface area contributed by atoms with Gasteiger partial charge in [0, 0.05) is 12.5 Å². The maximum atomic E-state index is 12.6. The minimum Gasteiger partial charge on any atom is -0.456 e. The monoisotopic (exact) mass is 532 g/mol. The van der Waals surface area contributed by atoms with Crippen LogP contribution in [0.5, 0.6) is 0 Å². The van der Waals surface area contributed by atoms with Crippen LogP contribution in [-0.4, -0.2) is 81.8 Å². The molecule has 0 unspecified atom stereocenters. The molecule has 0 radical (unpaired) electrons. The molecule has 3 rings (SSSR count). The molecule has 2 bridgehead atoms. The molecule has 4 N–H and O–H groups in total. The van der Waals surface area contributed by atoms with E-state index >= 15 is 0 Å². The summed E-state index contributed by atoms with van der Waals surface area (Å²) in [5.74, 6) is -0.422. The molecule has 0 aromatic carbocycles. The average molecular weight is 533 g/mol. The number of cyclic esters (lactones) is 1. The molecule has 8 heteroatoms. The van der Waals surface area contributed by atoms with Gasteiger partial charge in [-0.25, -0.2) is 4.79 Å². The van der Waals surface area contributed by atoms with Gasteiger partial charge >= 0.3 is 5.97 Å². The zero-order valence-electron chi connectivity index (χ0n) is 22.5. The highest BCUT2D eigenvalue weighted by molar-refractivity contribution is 5.82. The van der Waals surface area contributed by atoms with Gasteiger partial charge in [-0.05, 0) is 51.4 Å². The molecular weight excluding hydrogens is 488 g/mol. The molecule has 3 heterocycles. The second kappa shape index (κ2) is 14.9. The smallest absolute Gasteiger partial charge is 0.330 e. The van der Waals surface area contributed by atoms with Gasteiger partial charge in [-0.3, -0.25) is 0 Å². The Labute approximate surface area is 226 Å². The van der Waals surface area contributed by atoms with Crippen molar-refractivity contribution in [2.75, 3.05) is 6.61 Å². The van der Waals surface area contributed by atoms with Gasteiger partial charge in [0.15, 0.2) is 0 Å². The van der Waals surface area contributed by atoms with Crippen LogP contribution in [0.25, 0.3) is 0 Å². The van der Waals surface area contributed by atoms with E-state index in [1.54, 1.807) is 12.2 Å². The first-order valence-corrected chi connectivity index (χ1v) is 13.6. The molecule has 0 aliphatic carbocycles. The van der Waals surface area contributed by atoms with E-state index in [0.29, 0.717) is 25.9 Å². The number of rotatable bonds is 3. The minimum atomic E-state index is -1.50. The number of hydrogen-bond donors (Lipinski definition) is 4. The SMILES string of the molecule is C=C1C[C@H](C)C[C@@H]2CC=C[C@@H](CC=CC(=O)O[C@H]([C@@H](O)C=C[C@@H]3CC(C)=CCO3)C[C@@H](O)[C@@H](O)[C@@H](O)C1)O2. The van der Waals surface area contributed by atoms with Gasteiger partial charge in [-0.1, -0.05) is 61.1 Å². The second-order valence-corrected chi connectivity index (χ2v) is 10.9. The van der Waals surface area contributed by atoms with Crippen molar-refractivity contribution < 1.29 is 39.4 Å². The first-order chi connectivity index (χ1) is 18.1. The summed E-state index contributed by atoms with van der Waals surface area (Å²) in [4.78, 5) is 12.6. The van der Waals surface area contributed by atoms with E-state index in [1.807, 2.05) is 19.1 Å². The average Bonchev–Trinajstić information content (AvgIpc) is 2.85. The summed E-state index contributed by atoms with van der Waals surface area (Å²) >= 11 is 0. The molecule has 0 saturated heterocycles. The molecule has 0 saturated carbocycles. The molecule has 0 spiro atoms. The van der Waals surface area contributed by atoms with Gasteiger partial charge < -0.3 is 34.6 Å². The van der Waals surface area contributed by atoms with Crippen LogP contribution in [0.2, 0.25) is 0 Å². The lowest BCUT2D eigenvalue weighted by molar-refractivity contribution is -0.152. The molecule has 0 aromatic rings. The van der Waals surface area contributed by atoms with Crippen LogP contribution in [0.3, 0.4) is 0 Å². The predicted octanol–water partition coefficient (Wildman–Crippen LogP) is 3.06. The standard InChI is InChI=1S/C30H44O8/c1-19-12-13-36-23(15-19)10-11-25(31)28-18-27(33)30(35)26(32)17-21(3)14-20(2)16-24-8-4-6-22(37-24)7-5-9-29(34)38-28/h4-6,9-12,20,22-28,30-33,35H,3,7-8,13-18H2,1-2H3/t20-,22-,23+,24-,25-,26-,27+,28-,30-/m0/s1. The molecular formula is C30H44O8.